The van der Waals surface area contributed by atoms with E-state index in [-0.39, 0.29) is 13.0 Å². The Morgan fingerprint density at radius 1 is 1.04 bits per heavy atom. The Balaban J connectivity index is 1.83. The third-order valence-corrected chi connectivity index (χ3v) is 3.71. The van der Waals surface area contributed by atoms with Crippen LogP contribution in [0.5, 0.6) is 0 Å². The summed E-state index contributed by atoms with van der Waals surface area (Å²) in [4.78, 5) is 24.9. The van der Waals surface area contributed by atoms with Crippen LogP contribution in [0, 0.1) is 0 Å². The molecule has 0 aliphatic rings. The maximum absolute atomic E-state index is 12.0. The smallest absolute Gasteiger partial charge is 0.409 e. The van der Waals surface area contributed by atoms with Crippen molar-refractivity contribution in [2.45, 2.75) is 18.9 Å². The van der Waals surface area contributed by atoms with Crippen molar-refractivity contribution in [1.82, 2.24) is 4.90 Å². The molecule has 1 unspecified atom stereocenters. The largest absolute Gasteiger partial charge is 0.481 e. The van der Waals surface area contributed by atoms with Crippen LogP contribution in [-0.4, -0.2) is 35.7 Å². The normalized spacial score (nSPS) is 11.5. The van der Waals surface area contributed by atoms with Crippen LogP contribution in [-0.2, 0) is 16.1 Å². The number of carbonyl (C=O) groups excluding carboxylic acids is 1. The highest BCUT2D eigenvalue weighted by Gasteiger charge is 2.20. The number of carboxylic acids is 1. The molecule has 1 amide bonds. The minimum absolute atomic E-state index is 0.0593. The van der Waals surface area contributed by atoms with Crippen LogP contribution in [0.4, 0.5) is 4.79 Å². The molecule has 0 bridgehead atoms. The van der Waals surface area contributed by atoms with Crippen molar-refractivity contribution in [1.29, 1.82) is 0 Å². The molecular weight excluding hydrogens is 306 g/mol. The number of hydrogen-bond donors (Lipinski definition) is 1. The zero-order valence-corrected chi connectivity index (χ0v) is 13.6. The Kier molecular flexibility index (Phi) is 6.37. The second kappa shape index (κ2) is 8.72. The van der Waals surface area contributed by atoms with E-state index >= 15 is 0 Å². The van der Waals surface area contributed by atoms with E-state index in [1.807, 2.05) is 36.4 Å². The van der Waals surface area contributed by atoms with Gasteiger partial charge in [-0.3, -0.25) is 4.79 Å². The van der Waals surface area contributed by atoms with Crippen LogP contribution in [0.1, 0.15) is 23.5 Å². The summed E-state index contributed by atoms with van der Waals surface area (Å²) in [6, 6.07) is 18.6. The SMILES string of the molecule is CN(Cc1ccccc1)C(=O)OCCC(C(=O)O)c1ccccc1. The Labute approximate surface area is 141 Å². The summed E-state index contributed by atoms with van der Waals surface area (Å²) in [6.45, 7) is 0.505. The highest BCUT2D eigenvalue weighted by molar-refractivity contribution is 5.76. The molecule has 126 valence electrons. The maximum atomic E-state index is 12.0. The Morgan fingerprint density at radius 2 is 1.62 bits per heavy atom. The minimum Gasteiger partial charge on any atom is -0.481 e. The molecule has 0 radical (unpaired) electrons. The first-order valence-electron chi connectivity index (χ1n) is 7.77. The molecule has 1 N–H and O–H groups in total. The first-order valence-corrected chi connectivity index (χ1v) is 7.77. The van der Waals surface area contributed by atoms with Crippen molar-refractivity contribution in [3.8, 4) is 0 Å². The topological polar surface area (TPSA) is 66.8 Å². The van der Waals surface area contributed by atoms with Gasteiger partial charge in [-0.25, -0.2) is 4.79 Å². The van der Waals surface area contributed by atoms with Gasteiger partial charge in [0.1, 0.15) is 0 Å². The molecule has 2 aromatic rings. The first-order chi connectivity index (χ1) is 11.6. The van der Waals surface area contributed by atoms with Gasteiger partial charge in [0, 0.05) is 13.6 Å². The van der Waals surface area contributed by atoms with Crippen LogP contribution in [0.15, 0.2) is 60.7 Å². The van der Waals surface area contributed by atoms with E-state index in [4.69, 9.17) is 4.74 Å². The second-order valence-corrected chi connectivity index (χ2v) is 5.55. The number of amides is 1. The Hall–Kier alpha value is -2.82. The summed E-state index contributed by atoms with van der Waals surface area (Å²) in [7, 11) is 1.65. The molecule has 0 fully saturated rings. The van der Waals surface area contributed by atoms with Crippen LogP contribution >= 0.6 is 0 Å². The van der Waals surface area contributed by atoms with E-state index in [0.717, 1.165) is 5.56 Å². The highest BCUT2D eigenvalue weighted by Crippen LogP contribution is 2.20. The number of aliphatic carboxylic acids is 1. The van der Waals surface area contributed by atoms with Gasteiger partial charge in [0.25, 0.3) is 0 Å². The van der Waals surface area contributed by atoms with Crippen LogP contribution in [0.2, 0.25) is 0 Å². The van der Waals surface area contributed by atoms with Gasteiger partial charge in [-0.1, -0.05) is 60.7 Å². The summed E-state index contributed by atoms with van der Waals surface area (Å²) in [5.41, 5.74) is 1.71. The van der Waals surface area contributed by atoms with Gasteiger partial charge in [-0.15, -0.1) is 0 Å². The molecule has 0 aliphatic carbocycles. The van der Waals surface area contributed by atoms with Crippen LogP contribution < -0.4 is 0 Å². The number of hydrogen-bond acceptors (Lipinski definition) is 3. The number of rotatable bonds is 7. The van der Waals surface area contributed by atoms with Crippen molar-refractivity contribution >= 4 is 12.1 Å². The van der Waals surface area contributed by atoms with Crippen molar-refractivity contribution in [2.24, 2.45) is 0 Å². The molecule has 0 saturated carbocycles. The Morgan fingerprint density at radius 3 is 2.21 bits per heavy atom. The third kappa shape index (κ3) is 5.12. The zero-order chi connectivity index (χ0) is 17.4. The molecular formula is C19H21NO4. The minimum atomic E-state index is -0.921. The second-order valence-electron chi connectivity index (χ2n) is 5.55. The molecule has 0 aromatic heterocycles. The number of carboxylic acid groups (broad SMARTS) is 1. The maximum Gasteiger partial charge on any atom is 0.409 e. The monoisotopic (exact) mass is 327 g/mol. The zero-order valence-electron chi connectivity index (χ0n) is 13.6. The lowest BCUT2D eigenvalue weighted by atomic mass is 9.96. The molecule has 24 heavy (non-hydrogen) atoms. The molecule has 0 spiro atoms. The summed E-state index contributed by atoms with van der Waals surface area (Å²) in [5, 5.41) is 9.35. The lowest BCUT2D eigenvalue weighted by Gasteiger charge is -2.18. The van der Waals surface area contributed by atoms with Crippen LogP contribution in [0.3, 0.4) is 0 Å². The lowest BCUT2D eigenvalue weighted by molar-refractivity contribution is -0.139. The van der Waals surface area contributed by atoms with Crippen molar-refractivity contribution in [2.75, 3.05) is 13.7 Å². The third-order valence-electron chi connectivity index (χ3n) is 3.71. The summed E-state index contributed by atoms with van der Waals surface area (Å²) < 4.78 is 5.20. The predicted molar refractivity (Wildman–Crippen MR) is 90.7 cm³/mol. The van der Waals surface area contributed by atoms with Crippen molar-refractivity contribution in [3.63, 3.8) is 0 Å². The van der Waals surface area contributed by atoms with Gasteiger partial charge in [-0.2, -0.15) is 0 Å². The van der Waals surface area contributed by atoms with E-state index in [1.54, 1.807) is 31.3 Å². The average molecular weight is 327 g/mol. The molecule has 2 aromatic carbocycles. The van der Waals surface area contributed by atoms with Gasteiger partial charge >= 0.3 is 12.1 Å². The van der Waals surface area contributed by atoms with Crippen molar-refractivity contribution in [3.05, 3.63) is 71.8 Å². The van der Waals surface area contributed by atoms with Gasteiger partial charge in [-0.05, 0) is 17.5 Å². The highest BCUT2D eigenvalue weighted by atomic mass is 16.6. The van der Waals surface area contributed by atoms with Gasteiger partial charge in [0.2, 0.25) is 0 Å². The van der Waals surface area contributed by atoms with E-state index < -0.39 is 18.0 Å². The molecule has 0 saturated heterocycles. The predicted octanol–water partition coefficient (Wildman–Crippen LogP) is 3.51. The van der Waals surface area contributed by atoms with Gasteiger partial charge < -0.3 is 14.7 Å². The molecule has 5 heteroatoms. The molecule has 1 atom stereocenters. The summed E-state index contributed by atoms with van der Waals surface area (Å²) >= 11 is 0. The molecule has 2 rings (SSSR count). The fourth-order valence-electron chi connectivity index (χ4n) is 2.41. The summed E-state index contributed by atoms with van der Waals surface area (Å²) in [6.07, 6.45) is -0.222. The molecule has 5 nitrogen and oxygen atoms in total. The number of benzene rings is 2. The number of carbonyl (C=O) groups is 2. The van der Waals surface area contributed by atoms with Crippen LogP contribution in [0.25, 0.3) is 0 Å². The first kappa shape index (κ1) is 17.5. The standard InChI is InChI=1S/C19H21NO4/c1-20(14-15-8-4-2-5-9-15)19(23)24-13-12-17(18(21)22)16-10-6-3-7-11-16/h2-11,17H,12-14H2,1H3,(H,21,22). The van der Waals surface area contributed by atoms with E-state index in [9.17, 15) is 14.7 Å². The molecule has 0 heterocycles. The van der Waals surface area contributed by atoms with Gasteiger partial charge in [0.15, 0.2) is 0 Å². The van der Waals surface area contributed by atoms with Crippen molar-refractivity contribution < 1.29 is 19.4 Å². The van der Waals surface area contributed by atoms with Gasteiger partial charge in [0.05, 0.1) is 12.5 Å². The molecule has 0 aliphatic heterocycles. The van der Waals surface area contributed by atoms with E-state index in [0.29, 0.717) is 12.1 Å². The Bertz CT molecular complexity index is 658. The summed E-state index contributed by atoms with van der Waals surface area (Å²) in [5.74, 6) is -1.60. The van der Waals surface area contributed by atoms with E-state index in [2.05, 4.69) is 0 Å². The number of ether oxygens (including phenoxy) is 1. The average Bonchev–Trinajstić information content (AvgIpc) is 2.59. The fourth-order valence-corrected chi connectivity index (χ4v) is 2.41. The quantitative estimate of drug-likeness (QED) is 0.845. The number of nitrogens with zero attached hydrogens (tertiary/aromatic N) is 1. The van der Waals surface area contributed by atoms with E-state index in [1.165, 1.54) is 4.90 Å². The fraction of sp³-hybridized carbons (Fsp3) is 0.263. The lowest BCUT2D eigenvalue weighted by Crippen LogP contribution is -2.28.